The van der Waals surface area contributed by atoms with Crippen molar-refractivity contribution in [1.29, 1.82) is 0 Å². The van der Waals surface area contributed by atoms with Gasteiger partial charge < -0.3 is 11.1 Å². The minimum Gasteiger partial charge on any atom is -0.384 e. The number of anilines is 3. The van der Waals surface area contributed by atoms with E-state index in [0.29, 0.717) is 17.4 Å². The Morgan fingerprint density at radius 1 is 1.19 bits per heavy atom. The topological polar surface area (TPSA) is 86.1 Å². The first-order valence-electron chi connectivity index (χ1n) is 6.51. The van der Waals surface area contributed by atoms with Crippen molar-refractivity contribution in [1.82, 2.24) is 24.4 Å². The minimum absolute atomic E-state index is 0.510. The van der Waals surface area contributed by atoms with Crippen LogP contribution in [-0.4, -0.2) is 24.4 Å². The summed E-state index contributed by atoms with van der Waals surface area (Å²) < 4.78 is 3.44. The molecule has 0 saturated carbocycles. The van der Waals surface area contributed by atoms with Gasteiger partial charge in [-0.15, -0.1) is 5.10 Å². The molecule has 4 aromatic rings. The summed E-state index contributed by atoms with van der Waals surface area (Å²) in [5, 5.41) is 12.8. The molecule has 0 aliphatic rings. The molecule has 0 bridgehead atoms. The number of hydrogen-bond acceptors (Lipinski definition) is 5. The number of rotatable bonds is 2. The number of aryl methyl sites for hydroxylation is 1. The van der Waals surface area contributed by atoms with E-state index in [9.17, 15) is 0 Å². The zero-order valence-electron chi connectivity index (χ0n) is 11.4. The van der Waals surface area contributed by atoms with Gasteiger partial charge in [-0.25, -0.2) is 0 Å². The average Bonchev–Trinajstić information content (AvgIpc) is 3.04. The molecule has 0 aliphatic carbocycles. The molecular formula is C14H13N7. The number of benzene rings is 1. The number of nitrogens with two attached hydrogens (primary N) is 1. The van der Waals surface area contributed by atoms with E-state index in [-0.39, 0.29) is 0 Å². The fraction of sp³-hybridized carbons (Fsp3) is 0.0714. The molecule has 0 saturated heterocycles. The first kappa shape index (κ1) is 11.7. The van der Waals surface area contributed by atoms with Gasteiger partial charge in [-0.05, 0) is 30.3 Å². The maximum Gasteiger partial charge on any atom is 0.247 e. The summed E-state index contributed by atoms with van der Waals surface area (Å²) in [4.78, 5) is 4.39. The lowest BCUT2D eigenvalue weighted by Gasteiger charge is -2.01. The van der Waals surface area contributed by atoms with E-state index in [4.69, 9.17) is 5.73 Å². The van der Waals surface area contributed by atoms with Gasteiger partial charge in [0.2, 0.25) is 5.95 Å². The van der Waals surface area contributed by atoms with Crippen LogP contribution in [0, 0.1) is 0 Å². The Labute approximate surface area is 120 Å². The molecule has 0 amide bonds. The highest BCUT2D eigenvalue weighted by Gasteiger charge is 2.06. The van der Waals surface area contributed by atoms with E-state index >= 15 is 0 Å². The summed E-state index contributed by atoms with van der Waals surface area (Å²) in [6.07, 6.45) is 1.83. The lowest BCUT2D eigenvalue weighted by molar-refractivity contribution is 0.797. The van der Waals surface area contributed by atoms with Gasteiger partial charge in [0.15, 0.2) is 5.65 Å². The second kappa shape index (κ2) is 4.20. The Morgan fingerprint density at radius 2 is 2.10 bits per heavy atom. The Balaban J connectivity index is 1.73. The largest absolute Gasteiger partial charge is 0.384 e. The lowest BCUT2D eigenvalue weighted by atomic mass is 10.2. The first-order chi connectivity index (χ1) is 10.2. The summed E-state index contributed by atoms with van der Waals surface area (Å²) in [6, 6.07) is 11.5. The Hall–Kier alpha value is -3.09. The van der Waals surface area contributed by atoms with Gasteiger partial charge in [-0.1, -0.05) is 6.07 Å². The summed E-state index contributed by atoms with van der Waals surface area (Å²) in [5.41, 5.74) is 8.55. The van der Waals surface area contributed by atoms with Crippen LogP contribution in [0.3, 0.4) is 0 Å². The molecule has 3 aromatic heterocycles. The van der Waals surface area contributed by atoms with Gasteiger partial charge in [0.05, 0.1) is 11.7 Å². The van der Waals surface area contributed by atoms with Crippen LogP contribution in [0.1, 0.15) is 0 Å². The standard InChI is InChI=1S/C14H13N7/c1-20-11-6-5-10(7-9(11)8-16-20)17-14-18-13-4-2-3-12(15)21(13)19-14/h2-8H,15H2,1H3,(H,17,19). The highest BCUT2D eigenvalue weighted by molar-refractivity contribution is 5.83. The van der Waals surface area contributed by atoms with Gasteiger partial charge in [0.1, 0.15) is 5.82 Å². The quantitative estimate of drug-likeness (QED) is 0.585. The summed E-state index contributed by atoms with van der Waals surface area (Å²) in [5.74, 6) is 1.06. The van der Waals surface area contributed by atoms with Gasteiger partial charge in [-0.2, -0.15) is 14.6 Å². The smallest absolute Gasteiger partial charge is 0.247 e. The third-order valence-corrected chi connectivity index (χ3v) is 3.39. The molecule has 7 heteroatoms. The van der Waals surface area contributed by atoms with Crippen molar-refractivity contribution in [2.24, 2.45) is 7.05 Å². The highest BCUT2D eigenvalue weighted by Crippen LogP contribution is 2.21. The van der Waals surface area contributed by atoms with Crippen LogP contribution in [0.2, 0.25) is 0 Å². The molecule has 0 unspecified atom stereocenters. The Bertz CT molecular complexity index is 950. The van der Waals surface area contributed by atoms with Crippen molar-refractivity contribution in [3.05, 3.63) is 42.6 Å². The molecule has 3 N–H and O–H groups in total. The van der Waals surface area contributed by atoms with Crippen LogP contribution in [0.15, 0.2) is 42.6 Å². The number of nitrogens with zero attached hydrogens (tertiary/aromatic N) is 5. The molecule has 0 spiro atoms. The van der Waals surface area contributed by atoms with Crippen LogP contribution in [0.5, 0.6) is 0 Å². The summed E-state index contributed by atoms with van der Waals surface area (Å²) in [6.45, 7) is 0. The summed E-state index contributed by atoms with van der Waals surface area (Å²) >= 11 is 0. The van der Waals surface area contributed by atoms with E-state index < -0.39 is 0 Å². The molecule has 1 aromatic carbocycles. The monoisotopic (exact) mass is 279 g/mol. The number of fused-ring (bicyclic) bond motifs is 2. The molecule has 21 heavy (non-hydrogen) atoms. The molecule has 0 atom stereocenters. The zero-order chi connectivity index (χ0) is 14.4. The fourth-order valence-electron chi connectivity index (χ4n) is 2.35. The average molecular weight is 279 g/mol. The van der Waals surface area contributed by atoms with Crippen LogP contribution < -0.4 is 11.1 Å². The van der Waals surface area contributed by atoms with Crippen LogP contribution in [-0.2, 0) is 7.05 Å². The molecule has 7 nitrogen and oxygen atoms in total. The fourth-order valence-corrected chi connectivity index (χ4v) is 2.35. The van der Waals surface area contributed by atoms with Gasteiger partial charge in [0.25, 0.3) is 0 Å². The van der Waals surface area contributed by atoms with Crippen LogP contribution >= 0.6 is 0 Å². The van der Waals surface area contributed by atoms with Crippen LogP contribution in [0.4, 0.5) is 17.5 Å². The van der Waals surface area contributed by atoms with Gasteiger partial charge >= 0.3 is 0 Å². The van der Waals surface area contributed by atoms with Crippen molar-refractivity contribution in [3.8, 4) is 0 Å². The number of nitrogen functional groups attached to an aromatic ring is 1. The zero-order valence-corrected chi connectivity index (χ0v) is 11.4. The highest BCUT2D eigenvalue weighted by atomic mass is 15.4. The van der Waals surface area contributed by atoms with E-state index in [1.807, 2.05) is 48.3 Å². The van der Waals surface area contributed by atoms with Crippen molar-refractivity contribution in [2.75, 3.05) is 11.1 Å². The van der Waals surface area contributed by atoms with Crippen LogP contribution in [0.25, 0.3) is 16.6 Å². The second-order valence-corrected chi connectivity index (χ2v) is 4.82. The van der Waals surface area contributed by atoms with Crippen molar-refractivity contribution in [2.45, 2.75) is 0 Å². The number of aromatic nitrogens is 5. The van der Waals surface area contributed by atoms with Crippen molar-refractivity contribution in [3.63, 3.8) is 0 Å². The summed E-state index contributed by atoms with van der Waals surface area (Å²) in [7, 11) is 1.92. The normalized spacial score (nSPS) is 11.3. The third-order valence-electron chi connectivity index (χ3n) is 3.39. The minimum atomic E-state index is 0.510. The van der Waals surface area contributed by atoms with E-state index in [0.717, 1.165) is 16.6 Å². The molecule has 0 fully saturated rings. The van der Waals surface area contributed by atoms with Gasteiger partial charge in [-0.3, -0.25) is 4.68 Å². The maximum atomic E-state index is 5.86. The van der Waals surface area contributed by atoms with E-state index in [1.54, 1.807) is 10.6 Å². The molecule has 0 radical (unpaired) electrons. The number of pyridine rings is 1. The second-order valence-electron chi connectivity index (χ2n) is 4.82. The van der Waals surface area contributed by atoms with E-state index in [2.05, 4.69) is 20.5 Å². The Kier molecular flexibility index (Phi) is 2.34. The maximum absolute atomic E-state index is 5.86. The molecule has 0 aliphatic heterocycles. The number of hydrogen-bond donors (Lipinski definition) is 2. The Morgan fingerprint density at radius 3 is 2.95 bits per heavy atom. The lowest BCUT2D eigenvalue weighted by Crippen LogP contribution is -1.98. The van der Waals surface area contributed by atoms with E-state index in [1.165, 1.54) is 0 Å². The predicted molar refractivity (Wildman–Crippen MR) is 81.4 cm³/mol. The molecule has 104 valence electrons. The molecule has 4 rings (SSSR count). The predicted octanol–water partition coefficient (Wildman–Crippen LogP) is 1.94. The third kappa shape index (κ3) is 1.86. The molecule has 3 heterocycles. The first-order valence-corrected chi connectivity index (χ1v) is 6.51. The molecular weight excluding hydrogens is 266 g/mol. The van der Waals surface area contributed by atoms with Crippen molar-refractivity contribution >= 4 is 34.0 Å². The van der Waals surface area contributed by atoms with Crippen molar-refractivity contribution < 1.29 is 0 Å². The van der Waals surface area contributed by atoms with Gasteiger partial charge in [0, 0.05) is 18.1 Å². The number of nitrogens with one attached hydrogen (secondary N) is 1. The SMILES string of the molecule is Cn1ncc2cc(Nc3nc4cccc(N)n4n3)ccc21.